The second kappa shape index (κ2) is 2.04. The molecule has 0 radical (unpaired) electrons. The Morgan fingerprint density at radius 2 is 2.09 bits per heavy atom. The minimum atomic E-state index is 0.270. The lowest BCUT2D eigenvalue weighted by Gasteiger charge is -2.59. The molecule has 0 heterocycles. The molecule has 0 aliphatic heterocycles. The molecule has 3 saturated carbocycles. The van der Waals surface area contributed by atoms with Crippen molar-refractivity contribution in [3.8, 4) is 0 Å². The SMILES string of the molecule is C=C1[C@H](Cl)C[C@H]2C[C@H]1C2(C)C. The van der Waals surface area contributed by atoms with E-state index < -0.39 is 0 Å². The van der Waals surface area contributed by atoms with Crippen LogP contribution in [0.1, 0.15) is 26.7 Å². The van der Waals surface area contributed by atoms with Crippen LogP contribution in [0.15, 0.2) is 12.2 Å². The molecule has 3 fully saturated rings. The van der Waals surface area contributed by atoms with E-state index in [0.29, 0.717) is 11.3 Å². The van der Waals surface area contributed by atoms with Gasteiger partial charge >= 0.3 is 0 Å². The Kier molecular flexibility index (Phi) is 1.42. The van der Waals surface area contributed by atoms with Crippen molar-refractivity contribution in [2.45, 2.75) is 32.1 Å². The van der Waals surface area contributed by atoms with Crippen LogP contribution in [-0.4, -0.2) is 5.38 Å². The van der Waals surface area contributed by atoms with Crippen LogP contribution in [0, 0.1) is 17.3 Å². The predicted molar refractivity (Wildman–Crippen MR) is 48.8 cm³/mol. The van der Waals surface area contributed by atoms with E-state index in [1.807, 2.05) is 0 Å². The summed E-state index contributed by atoms with van der Waals surface area (Å²) in [5, 5.41) is 0.270. The summed E-state index contributed by atoms with van der Waals surface area (Å²) in [6, 6.07) is 0. The quantitative estimate of drug-likeness (QED) is 0.387. The van der Waals surface area contributed by atoms with E-state index in [4.69, 9.17) is 11.6 Å². The van der Waals surface area contributed by atoms with Crippen molar-refractivity contribution in [2.24, 2.45) is 17.3 Å². The fourth-order valence-corrected chi connectivity index (χ4v) is 3.03. The second-order valence-corrected chi connectivity index (χ2v) is 5.11. The Bertz CT molecular complexity index is 205. The van der Waals surface area contributed by atoms with Crippen LogP contribution in [0.4, 0.5) is 0 Å². The van der Waals surface area contributed by atoms with E-state index in [2.05, 4.69) is 20.4 Å². The highest BCUT2D eigenvalue weighted by atomic mass is 35.5. The molecular formula is C10H15Cl. The molecule has 0 aromatic carbocycles. The van der Waals surface area contributed by atoms with Gasteiger partial charge in [-0.15, -0.1) is 11.6 Å². The molecule has 62 valence electrons. The van der Waals surface area contributed by atoms with Gasteiger partial charge in [0.15, 0.2) is 0 Å². The first-order chi connectivity index (χ1) is 5.03. The van der Waals surface area contributed by atoms with Gasteiger partial charge < -0.3 is 0 Å². The molecule has 3 aliphatic carbocycles. The van der Waals surface area contributed by atoms with E-state index in [9.17, 15) is 0 Å². The Morgan fingerprint density at radius 3 is 2.45 bits per heavy atom. The molecule has 0 aromatic heterocycles. The highest BCUT2D eigenvalue weighted by molar-refractivity contribution is 6.22. The minimum Gasteiger partial charge on any atom is -0.118 e. The molecule has 0 saturated heterocycles. The average molecular weight is 171 g/mol. The molecule has 0 aromatic rings. The number of fused-ring (bicyclic) bond motifs is 2. The molecule has 3 rings (SSSR count). The number of allylic oxidation sites excluding steroid dienone is 1. The molecule has 3 atom stereocenters. The summed E-state index contributed by atoms with van der Waals surface area (Å²) in [7, 11) is 0. The smallest absolute Gasteiger partial charge is 0.0548 e. The fourth-order valence-electron chi connectivity index (χ4n) is 2.66. The van der Waals surface area contributed by atoms with Crippen molar-refractivity contribution in [1.82, 2.24) is 0 Å². The Morgan fingerprint density at radius 1 is 1.45 bits per heavy atom. The second-order valence-electron chi connectivity index (χ2n) is 4.58. The van der Waals surface area contributed by atoms with Gasteiger partial charge in [-0.3, -0.25) is 0 Å². The first-order valence-electron chi connectivity index (χ1n) is 4.36. The standard InChI is InChI=1S/C10H15Cl/c1-6-8-4-7(5-9(6)11)10(8,2)3/h7-9H,1,4-5H2,2-3H3/t7-,8-,9-/m1/s1. The van der Waals surface area contributed by atoms with Crippen molar-refractivity contribution in [3.05, 3.63) is 12.2 Å². The van der Waals surface area contributed by atoms with Gasteiger partial charge in [0, 0.05) is 0 Å². The first-order valence-corrected chi connectivity index (χ1v) is 4.80. The van der Waals surface area contributed by atoms with Gasteiger partial charge in [0.1, 0.15) is 0 Å². The molecule has 0 unspecified atom stereocenters. The Balaban J connectivity index is 2.23. The van der Waals surface area contributed by atoms with Crippen LogP contribution in [0.3, 0.4) is 0 Å². The van der Waals surface area contributed by atoms with Gasteiger partial charge in [-0.1, -0.05) is 26.0 Å². The summed E-state index contributed by atoms with van der Waals surface area (Å²) < 4.78 is 0. The van der Waals surface area contributed by atoms with E-state index >= 15 is 0 Å². The number of hydrogen-bond acceptors (Lipinski definition) is 0. The lowest BCUT2D eigenvalue weighted by Crippen LogP contribution is -2.52. The normalized spacial score (nSPS) is 46.8. The van der Waals surface area contributed by atoms with Gasteiger partial charge in [-0.25, -0.2) is 0 Å². The summed E-state index contributed by atoms with van der Waals surface area (Å²) in [5.74, 6) is 1.57. The molecule has 0 amide bonds. The molecule has 0 nitrogen and oxygen atoms in total. The van der Waals surface area contributed by atoms with Gasteiger partial charge in [0.05, 0.1) is 5.38 Å². The molecule has 0 N–H and O–H groups in total. The predicted octanol–water partition coefficient (Wildman–Crippen LogP) is 3.22. The van der Waals surface area contributed by atoms with Crippen LogP contribution in [0.25, 0.3) is 0 Å². The van der Waals surface area contributed by atoms with Gasteiger partial charge in [-0.2, -0.15) is 0 Å². The van der Waals surface area contributed by atoms with Crippen molar-refractivity contribution >= 4 is 11.6 Å². The summed E-state index contributed by atoms with van der Waals surface area (Å²) in [6.45, 7) is 8.77. The highest BCUT2D eigenvalue weighted by Crippen LogP contribution is 2.61. The largest absolute Gasteiger partial charge is 0.118 e. The summed E-state index contributed by atoms with van der Waals surface area (Å²) in [4.78, 5) is 0. The van der Waals surface area contributed by atoms with E-state index in [-0.39, 0.29) is 5.38 Å². The third kappa shape index (κ3) is 0.823. The van der Waals surface area contributed by atoms with Gasteiger partial charge in [-0.05, 0) is 30.1 Å². The van der Waals surface area contributed by atoms with Crippen molar-refractivity contribution < 1.29 is 0 Å². The maximum atomic E-state index is 6.12. The number of rotatable bonds is 0. The Hall–Kier alpha value is 0.0300. The third-order valence-electron chi connectivity index (χ3n) is 3.81. The minimum absolute atomic E-state index is 0.270. The molecule has 0 spiro atoms. The van der Waals surface area contributed by atoms with Crippen molar-refractivity contribution in [1.29, 1.82) is 0 Å². The summed E-state index contributed by atoms with van der Waals surface area (Å²) in [6.07, 6.45) is 2.50. The molecule has 11 heavy (non-hydrogen) atoms. The third-order valence-corrected chi connectivity index (χ3v) is 4.27. The summed E-state index contributed by atoms with van der Waals surface area (Å²) in [5.41, 5.74) is 1.79. The monoisotopic (exact) mass is 170 g/mol. The van der Waals surface area contributed by atoms with Crippen molar-refractivity contribution in [3.63, 3.8) is 0 Å². The zero-order valence-electron chi connectivity index (χ0n) is 7.23. The average Bonchev–Trinajstić information content (AvgIpc) is 1.93. The van der Waals surface area contributed by atoms with Gasteiger partial charge in [0.2, 0.25) is 0 Å². The van der Waals surface area contributed by atoms with Crippen LogP contribution >= 0.6 is 11.6 Å². The molecular weight excluding hydrogens is 156 g/mol. The topological polar surface area (TPSA) is 0 Å². The number of hydrogen-bond donors (Lipinski definition) is 0. The fraction of sp³-hybridized carbons (Fsp3) is 0.800. The van der Waals surface area contributed by atoms with E-state index in [0.717, 1.165) is 12.3 Å². The van der Waals surface area contributed by atoms with Crippen molar-refractivity contribution in [2.75, 3.05) is 0 Å². The molecule has 2 bridgehead atoms. The number of halogens is 1. The molecule has 3 aliphatic rings. The zero-order chi connectivity index (χ0) is 8.22. The summed E-state index contributed by atoms with van der Waals surface area (Å²) >= 11 is 6.12. The lowest BCUT2D eigenvalue weighted by atomic mass is 9.47. The van der Waals surface area contributed by atoms with Crippen LogP contribution in [-0.2, 0) is 0 Å². The maximum absolute atomic E-state index is 6.12. The first kappa shape index (κ1) is 7.67. The van der Waals surface area contributed by atoms with E-state index in [1.165, 1.54) is 12.0 Å². The van der Waals surface area contributed by atoms with Crippen LogP contribution in [0.5, 0.6) is 0 Å². The maximum Gasteiger partial charge on any atom is 0.0548 e. The highest BCUT2D eigenvalue weighted by Gasteiger charge is 2.54. The van der Waals surface area contributed by atoms with Crippen LogP contribution in [0.2, 0.25) is 0 Å². The number of alkyl halides is 1. The van der Waals surface area contributed by atoms with Crippen LogP contribution < -0.4 is 0 Å². The van der Waals surface area contributed by atoms with E-state index in [1.54, 1.807) is 0 Å². The Labute approximate surface area is 73.6 Å². The van der Waals surface area contributed by atoms with Gasteiger partial charge in [0.25, 0.3) is 0 Å². The molecule has 1 heteroatoms. The lowest BCUT2D eigenvalue weighted by molar-refractivity contribution is -0.0257. The zero-order valence-corrected chi connectivity index (χ0v) is 7.99.